The molecule has 0 fully saturated rings. The van der Waals surface area contributed by atoms with Gasteiger partial charge in [0, 0.05) is 22.1 Å². The molecule has 0 bridgehead atoms. The summed E-state index contributed by atoms with van der Waals surface area (Å²) in [5.74, 6) is 0.578. The Bertz CT molecular complexity index is 847. The third kappa shape index (κ3) is 3.87. The van der Waals surface area contributed by atoms with Gasteiger partial charge in [0.05, 0.1) is 0 Å². The average Bonchev–Trinajstić information content (AvgIpc) is 2.54. The normalized spacial score (nSPS) is 10.5. The van der Waals surface area contributed by atoms with Crippen LogP contribution in [0.2, 0.25) is 0 Å². The second-order valence-corrected chi connectivity index (χ2v) is 6.18. The Labute approximate surface area is 143 Å². The maximum Gasteiger partial charge on any atom is 0.320 e. The summed E-state index contributed by atoms with van der Waals surface area (Å²) in [7, 11) is 0. The summed E-state index contributed by atoms with van der Waals surface area (Å²) in [5, 5.41) is 7.67. The van der Waals surface area contributed by atoms with Gasteiger partial charge < -0.3 is 5.32 Å². The predicted octanol–water partition coefficient (Wildman–Crippen LogP) is 4.63. The molecule has 1 heterocycles. The Morgan fingerprint density at radius 2 is 1.87 bits per heavy atom. The van der Waals surface area contributed by atoms with Crippen LogP contribution in [0.25, 0.3) is 10.8 Å². The monoisotopic (exact) mass is 369 g/mol. The number of carbonyl (C=O) groups excluding carboxylic acids is 1. The van der Waals surface area contributed by atoms with Crippen molar-refractivity contribution in [2.24, 2.45) is 0 Å². The molecule has 2 N–H and O–H groups in total. The molecular formula is C18H16BrN3O. The van der Waals surface area contributed by atoms with E-state index in [9.17, 15) is 4.79 Å². The first-order chi connectivity index (χ1) is 11.1. The molecule has 3 rings (SSSR count). The lowest BCUT2D eigenvalue weighted by Gasteiger charge is -2.10. The number of nitrogens with zero attached hydrogens (tertiary/aromatic N) is 1. The number of nitrogens with one attached hydrogen (secondary N) is 2. The fraction of sp³-hybridized carbons (Fsp3) is 0.111. The molecule has 3 aromatic rings. The zero-order valence-electron chi connectivity index (χ0n) is 12.6. The highest BCUT2D eigenvalue weighted by Gasteiger charge is 2.08. The van der Waals surface area contributed by atoms with Crippen LogP contribution in [-0.2, 0) is 6.54 Å². The topological polar surface area (TPSA) is 54.0 Å². The molecule has 0 aliphatic carbocycles. The minimum absolute atomic E-state index is 0.267. The van der Waals surface area contributed by atoms with Crippen molar-refractivity contribution in [3.8, 4) is 0 Å². The summed E-state index contributed by atoms with van der Waals surface area (Å²) in [6.07, 6.45) is 0. The number of aromatic nitrogens is 1. The van der Waals surface area contributed by atoms with Crippen LogP contribution >= 0.6 is 15.9 Å². The van der Waals surface area contributed by atoms with Crippen molar-refractivity contribution in [2.45, 2.75) is 13.5 Å². The molecule has 0 saturated carbocycles. The van der Waals surface area contributed by atoms with E-state index in [1.54, 1.807) is 0 Å². The van der Waals surface area contributed by atoms with Crippen LogP contribution < -0.4 is 10.6 Å². The number of hydrogen-bond donors (Lipinski definition) is 2. The number of fused-ring (bicyclic) bond motifs is 1. The second kappa shape index (κ2) is 6.79. The number of urea groups is 1. The van der Waals surface area contributed by atoms with Crippen LogP contribution in [0, 0.1) is 6.92 Å². The zero-order valence-corrected chi connectivity index (χ0v) is 14.2. The lowest BCUT2D eigenvalue weighted by Crippen LogP contribution is -2.28. The molecule has 116 valence electrons. The lowest BCUT2D eigenvalue weighted by atomic mass is 10.1. The maximum absolute atomic E-state index is 12.1. The Morgan fingerprint density at radius 1 is 1.13 bits per heavy atom. The molecule has 0 radical (unpaired) electrons. The highest BCUT2D eigenvalue weighted by atomic mass is 79.9. The van der Waals surface area contributed by atoms with Gasteiger partial charge in [-0.25, -0.2) is 9.78 Å². The number of pyridine rings is 1. The molecule has 0 aliphatic heterocycles. The van der Waals surface area contributed by atoms with Crippen LogP contribution in [-0.4, -0.2) is 11.0 Å². The Morgan fingerprint density at radius 3 is 2.65 bits per heavy atom. The number of halogens is 1. The first-order valence-corrected chi connectivity index (χ1v) is 8.07. The highest BCUT2D eigenvalue weighted by Crippen LogP contribution is 2.22. The lowest BCUT2D eigenvalue weighted by molar-refractivity contribution is 0.251. The second-order valence-electron chi connectivity index (χ2n) is 5.27. The van der Waals surface area contributed by atoms with Gasteiger partial charge >= 0.3 is 6.03 Å². The first kappa shape index (κ1) is 15.5. The van der Waals surface area contributed by atoms with Gasteiger partial charge in [-0.15, -0.1) is 0 Å². The summed E-state index contributed by atoms with van der Waals surface area (Å²) < 4.78 is 1.01. The van der Waals surface area contributed by atoms with Gasteiger partial charge in [-0.3, -0.25) is 5.32 Å². The minimum atomic E-state index is -0.267. The summed E-state index contributed by atoms with van der Waals surface area (Å²) in [6, 6.07) is 17.4. The summed E-state index contributed by atoms with van der Waals surface area (Å²) >= 11 is 3.39. The van der Waals surface area contributed by atoms with E-state index in [1.807, 2.05) is 61.5 Å². The number of aryl methyl sites for hydroxylation is 1. The number of amides is 2. The van der Waals surface area contributed by atoms with Gasteiger partial charge in [-0.05, 0) is 36.1 Å². The van der Waals surface area contributed by atoms with Crippen molar-refractivity contribution in [1.29, 1.82) is 0 Å². The van der Waals surface area contributed by atoms with Crippen molar-refractivity contribution in [3.05, 3.63) is 70.3 Å². The number of anilines is 1. The molecule has 0 saturated heterocycles. The molecular weight excluding hydrogens is 354 g/mol. The van der Waals surface area contributed by atoms with E-state index >= 15 is 0 Å². The maximum atomic E-state index is 12.1. The minimum Gasteiger partial charge on any atom is -0.334 e. The van der Waals surface area contributed by atoms with Crippen molar-refractivity contribution in [1.82, 2.24) is 10.3 Å². The SMILES string of the molecule is Cc1cc2ccccc2c(NC(=O)NCc2ccc(Br)cc2)n1. The van der Waals surface area contributed by atoms with Gasteiger partial charge in [-0.2, -0.15) is 0 Å². The van der Waals surface area contributed by atoms with E-state index in [1.165, 1.54) is 0 Å². The molecule has 2 aromatic carbocycles. The highest BCUT2D eigenvalue weighted by molar-refractivity contribution is 9.10. The van der Waals surface area contributed by atoms with Crippen LogP contribution in [0.1, 0.15) is 11.3 Å². The van der Waals surface area contributed by atoms with E-state index in [0.29, 0.717) is 12.4 Å². The van der Waals surface area contributed by atoms with Gasteiger partial charge in [0.15, 0.2) is 0 Å². The molecule has 2 amide bonds. The number of hydrogen-bond acceptors (Lipinski definition) is 2. The first-order valence-electron chi connectivity index (χ1n) is 7.27. The Balaban J connectivity index is 1.71. The third-order valence-electron chi connectivity index (χ3n) is 3.47. The fourth-order valence-corrected chi connectivity index (χ4v) is 2.63. The van der Waals surface area contributed by atoms with E-state index in [0.717, 1.165) is 26.5 Å². The zero-order chi connectivity index (χ0) is 16.2. The largest absolute Gasteiger partial charge is 0.334 e. The molecule has 5 heteroatoms. The summed E-state index contributed by atoms with van der Waals surface area (Å²) in [6.45, 7) is 2.38. The van der Waals surface area contributed by atoms with Crippen molar-refractivity contribution >= 4 is 38.6 Å². The van der Waals surface area contributed by atoms with Gasteiger partial charge in [-0.1, -0.05) is 52.3 Å². The van der Waals surface area contributed by atoms with Crippen molar-refractivity contribution in [2.75, 3.05) is 5.32 Å². The number of benzene rings is 2. The van der Waals surface area contributed by atoms with Gasteiger partial charge in [0.25, 0.3) is 0 Å². The van der Waals surface area contributed by atoms with Crippen LogP contribution in [0.15, 0.2) is 59.1 Å². The Hall–Kier alpha value is -2.40. The van der Waals surface area contributed by atoms with Crippen LogP contribution in [0.5, 0.6) is 0 Å². The molecule has 0 spiro atoms. The number of carbonyl (C=O) groups is 1. The number of rotatable bonds is 3. The molecule has 1 aromatic heterocycles. The van der Waals surface area contributed by atoms with E-state index in [-0.39, 0.29) is 6.03 Å². The summed E-state index contributed by atoms with van der Waals surface area (Å²) in [5.41, 5.74) is 1.90. The Kier molecular flexibility index (Phi) is 4.57. The molecule has 23 heavy (non-hydrogen) atoms. The van der Waals surface area contributed by atoms with E-state index < -0.39 is 0 Å². The van der Waals surface area contributed by atoms with E-state index in [2.05, 4.69) is 31.5 Å². The average molecular weight is 370 g/mol. The smallest absolute Gasteiger partial charge is 0.320 e. The van der Waals surface area contributed by atoms with Crippen molar-refractivity contribution < 1.29 is 4.79 Å². The fourth-order valence-electron chi connectivity index (χ4n) is 2.36. The predicted molar refractivity (Wildman–Crippen MR) is 96.5 cm³/mol. The van der Waals surface area contributed by atoms with Crippen LogP contribution in [0.4, 0.5) is 10.6 Å². The standard InChI is InChI=1S/C18H16BrN3O/c1-12-10-14-4-2-3-5-16(14)17(21-12)22-18(23)20-11-13-6-8-15(19)9-7-13/h2-10H,11H2,1H3,(H2,20,21,22,23). The molecule has 0 unspecified atom stereocenters. The van der Waals surface area contributed by atoms with Gasteiger partial charge in [0.1, 0.15) is 5.82 Å². The molecule has 0 atom stereocenters. The van der Waals surface area contributed by atoms with Crippen LogP contribution in [0.3, 0.4) is 0 Å². The quantitative estimate of drug-likeness (QED) is 0.707. The van der Waals surface area contributed by atoms with E-state index in [4.69, 9.17) is 0 Å². The molecule has 0 aliphatic rings. The van der Waals surface area contributed by atoms with Gasteiger partial charge in [0.2, 0.25) is 0 Å². The van der Waals surface area contributed by atoms with Crippen molar-refractivity contribution in [3.63, 3.8) is 0 Å². The molecule has 4 nitrogen and oxygen atoms in total. The summed E-state index contributed by atoms with van der Waals surface area (Å²) in [4.78, 5) is 16.6. The third-order valence-corrected chi connectivity index (χ3v) is 4.00.